The first-order valence-electron chi connectivity index (χ1n) is 7.95. The molecule has 1 aromatic heterocycles. The summed E-state index contributed by atoms with van der Waals surface area (Å²) in [5.74, 6) is 0.331. The molecule has 7 heteroatoms. The first-order valence-corrected chi connectivity index (χ1v) is 7.95. The quantitative estimate of drug-likeness (QED) is 0.938. The maximum atomic E-state index is 13.2. The molecule has 0 bridgehead atoms. The Labute approximate surface area is 134 Å². The zero-order valence-electron chi connectivity index (χ0n) is 13.1. The number of hydrogen-bond acceptors (Lipinski definition) is 4. The van der Waals surface area contributed by atoms with Crippen LogP contribution in [-0.2, 0) is 11.3 Å². The average molecular weight is 317 g/mol. The molecule has 23 heavy (non-hydrogen) atoms. The molecule has 122 valence electrons. The van der Waals surface area contributed by atoms with Crippen LogP contribution < -0.4 is 5.32 Å². The topological polar surface area (TPSA) is 72.7 Å². The van der Waals surface area contributed by atoms with Gasteiger partial charge in [0.05, 0.1) is 0 Å². The van der Waals surface area contributed by atoms with Gasteiger partial charge in [-0.15, -0.1) is 10.2 Å². The van der Waals surface area contributed by atoms with Crippen molar-refractivity contribution in [1.29, 1.82) is 0 Å². The predicted octanol–water partition coefficient (Wildman–Crippen LogP) is 2.17. The summed E-state index contributed by atoms with van der Waals surface area (Å²) in [7, 11) is 0. The van der Waals surface area contributed by atoms with E-state index in [0.29, 0.717) is 17.3 Å². The van der Waals surface area contributed by atoms with Crippen molar-refractivity contribution in [2.75, 3.05) is 0 Å². The van der Waals surface area contributed by atoms with E-state index in [4.69, 9.17) is 0 Å². The van der Waals surface area contributed by atoms with Crippen LogP contribution >= 0.6 is 0 Å². The Morgan fingerprint density at radius 3 is 3.00 bits per heavy atom. The van der Waals surface area contributed by atoms with Crippen molar-refractivity contribution in [3.63, 3.8) is 0 Å². The average Bonchev–Trinajstić information content (AvgIpc) is 2.98. The molecule has 0 aliphatic heterocycles. The van der Waals surface area contributed by atoms with Crippen molar-refractivity contribution < 1.29 is 9.18 Å². The molecule has 0 unspecified atom stereocenters. The molecule has 3 rings (SSSR count). The highest BCUT2D eigenvalue weighted by molar-refractivity contribution is 5.75. The molecule has 1 aromatic carbocycles. The Kier molecular flexibility index (Phi) is 4.64. The van der Waals surface area contributed by atoms with Crippen LogP contribution in [0.4, 0.5) is 4.39 Å². The van der Waals surface area contributed by atoms with Crippen molar-refractivity contribution in [3.8, 4) is 11.4 Å². The van der Waals surface area contributed by atoms with E-state index in [-0.39, 0.29) is 24.3 Å². The molecule has 1 saturated carbocycles. The minimum atomic E-state index is -0.358. The van der Waals surface area contributed by atoms with Gasteiger partial charge in [-0.25, -0.2) is 4.39 Å². The van der Waals surface area contributed by atoms with E-state index in [1.54, 1.807) is 12.1 Å². The zero-order valence-corrected chi connectivity index (χ0v) is 13.1. The zero-order chi connectivity index (χ0) is 16.2. The summed E-state index contributed by atoms with van der Waals surface area (Å²) in [6.45, 7) is 2.19. The summed E-state index contributed by atoms with van der Waals surface area (Å²) in [6.07, 6.45) is 4.55. The summed E-state index contributed by atoms with van der Waals surface area (Å²) >= 11 is 0. The van der Waals surface area contributed by atoms with E-state index >= 15 is 0 Å². The van der Waals surface area contributed by atoms with E-state index in [1.807, 2.05) is 0 Å². The van der Waals surface area contributed by atoms with Gasteiger partial charge in [0.2, 0.25) is 11.7 Å². The summed E-state index contributed by atoms with van der Waals surface area (Å²) in [5.41, 5.74) is 0.539. The number of carbonyl (C=O) groups excluding carboxylic acids is 1. The Bertz CT molecular complexity index is 687. The van der Waals surface area contributed by atoms with Crippen LogP contribution in [0, 0.1) is 11.7 Å². The normalized spacial score (nSPS) is 21.1. The summed E-state index contributed by atoms with van der Waals surface area (Å²) in [5, 5.41) is 14.9. The minimum absolute atomic E-state index is 0.0194. The van der Waals surface area contributed by atoms with Crippen molar-refractivity contribution in [3.05, 3.63) is 30.1 Å². The first-order chi connectivity index (χ1) is 11.1. The third-order valence-electron chi connectivity index (χ3n) is 4.28. The van der Waals surface area contributed by atoms with Crippen molar-refractivity contribution in [2.45, 2.75) is 45.2 Å². The van der Waals surface area contributed by atoms with Gasteiger partial charge in [0, 0.05) is 11.6 Å². The van der Waals surface area contributed by atoms with E-state index in [2.05, 4.69) is 27.7 Å². The smallest absolute Gasteiger partial charge is 0.243 e. The molecular weight excluding hydrogens is 297 g/mol. The lowest BCUT2D eigenvalue weighted by Gasteiger charge is -2.29. The number of amides is 1. The van der Waals surface area contributed by atoms with Crippen LogP contribution in [-0.4, -0.2) is 32.2 Å². The first kappa shape index (κ1) is 15.6. The van der Waals surface area contributed by atoms with Gasteiger partial charge in [-0.3, -0.25) is 4.79 Å². The van der Waals surface area contributed by atoms with Crippen LogP contribution in [0.5, 0.6) is 0 Å². The van der Waals surface area contributed by atoms with Crippen LogP contribution in [0.2, 0.25) is 0 Å². The SMILES string of the molecule is C[C@@H]1CCCC[C@H]1NC(=O)Cn1nnc(-c2cccc(F)c2)n1. The Morgan fingerprint density at radius 1 is 1.39 bits per heavy atom. The van der Waals surface area contributed by atoms with Gasteiger partial charge in [-0.2, -0.15) is 4.80 Å². The van der Waals surface area contributed by atoms with E-state index in [0.717, 1.165) is 19.3 Å². The Balaban J connectivity index is 1.61. The Morgan fingerprint density at radius 2 is 2.22 bits per heavy atom. The monoisotopic (exact) mass is 317 g/mol. The third-order valence-corrected chi connectivity index (χ3v) is 4.28. The van der Waals surface area contributed by atoms with Gasteiger partial charge in [-0.1, -0.05) is 31.9 Å². The Hall–Kier alpha value is -2.31. The number of carbonyl (C=O) groups is 1. The van der Waals surface area contributed by atoms with Gasteiger partial charge >= 0.3 is 0 Å². The summed E-state index contributed by atoms with van der Waals surface area (Å²) in [6, 6.07) is 6.21. The second-order valence-electron chi connectivity index (χ2n) is 6.09. The standard InChI is InChI=1S/C16H20FN5O/c1-11-5-2-3-8-14(11)18-15(23)10-22-20-16(19-21-22)12-6-4-7-13(17)9-12/h4,6-7,9,11,14H,2-3,5,8,10H2,1H3,(H,18,23)/t11-,14-/m1/s1. The molecule has 1 aliphatic carbocycles. The number of nitrogens with one attached hydrogen (secondary N) is 1. The van der Waals surface area contributed by atoms with Gasteiger partial charge < -0.3 is 5.32 Å². The fourth-order valence-electron chi connectivity index (χ4n) is 2.96. The predicted molar refractivity (Wildman–Crippen MR) is 82.8 cm³/mol. The lowest BCUT2D eigenvalue weighted by atomic mass is 9.86. The molecular formula is C16H20FN5O. The van der Waals surface area contributed by atoms with E-state index < -0.39 is 0 Å². The number of halogens is 1. The molecule has 1 aliphatic rings. The molecule has 1 amide bonds. The largest absolute Gasteiger partial charge is 0.351 e. The van der Waals surface area contributed by atoms with Crippen molar-refractivity contribution in [1.82, 2.24) is 25.5 Å². The van der Waals surface area contributed by atoms with Gasteiger partial charge in [0.25, 0.3) is 0 Å². The van der Waals surface area contributed by atoms with E-state index in [1.165, 1.54) is 23.4 Å². The number of benzene rings is 1. The molecule has 0 spiro atoms. The fraction of sp³-hybridized carbons (Fsp3) is 0.500. The molecule has 1 heterocycles. The summed E-state index contributed by atoms with van der Waals surface area (Å²) < 4.78 is 13.2. The third kappa shape index (κ3) is 3.91. The number of rotatable bonds is 4. The molecule has 2 atom stereocenters. The highest BCUT2D eigenvalue weighted by atomic mass is 19.1. The molecule has 0 saturated heterocycles. The molecule has 1 fully saturated rings. The van der Waals surface area contributed by atoms with Crippen molar-refractivity contribution in [2.24, 2.45) is 5.92 Å². The summed E-state index contributed by atoms with van der Waals surface area (Å²) in [4.78, 5) is 13.4. The van der Waals surface area contributed by atoms with Gasteiger partial charge in [0.1, 0.15) is 12.4 Å². The van der Waals surface area contributed by atoms with Gasteiger partial charge in [-0.05, 0) is 36.1 Å². The maximum Gasteiger partial charge on any atom is 0.243 e. The minimum Gasteiger partial charge on any atom is -0.351 e. The lowest BCUT2D eigenvalue weighted by Crippen LogP contribution is -2.42. The van der Waals surface area contributed by atoms with E-state index in [9.17, 15) is 9.18 Å². The van der Waals surface area contributed by atoms with Gasteiger partial charge in [0.15, 0.2) is 0 Å². The van der Waals surface area contributed by atoms with Crippen molar-refractivity contribution >= 4 is 5.91 Å². The number of tetrazole rings is 1. The highest BCUT2D eigenvalue weighted by Crippen LogP contribution is 2.23. The number of aromatic nitrogens is 4. The lowest BCUT2D eigenvalue weighted by molar-refractivity contribution is -0.123. The van der Waals surface area contributed by atoms with Crippen LogP contribution in [0.3, 0.4) is 0 Å². The molecule has 1 N–H and O–H groups in total. The molecule has 2 aromatic rings. The second kappa shape index (κ2) is 6.85. The fourth-order valence-corrected chi connectivity index (χ4v) is 2.96. The maximum absolute atomic E-state index is 13.2. The number of hydrogen-bond donors (Lipinski definition) is 1. The second-order valence-corrected chi connectivity index (χ2v) is 6.09. The number of nitrogens with zero attached hydrogens (tertiary/aromatic N) is 4. The van der Waals surface area contributed by atoms with Crippen LogP contribution in [0.1, 0.15) is 32.6 Å². The van der Waals surface area contributed by atoms with Crippen LogP contribution in [0.15, 0.2) is 24.3 Å². The van der Waals surface area contributed by atoms with Crippen LogP contribution in [0.25, 0.3) is 11.4 Å². The highest BCUT2D eigenvalue weighted by Gasteiger charge is 2.23. The molecule has 6 nitrogen and oxygen atoms in total. The molecule has 0 radical (unpaired) electrons.